The van der Waals surface area contributed by atoms with Gasteiger partial charge < -0.3 is 37.5 Å². The zero-order valence-electron chi connectivity index (χ0n) is 21.3. The number of aromatic nitrogens is 2. The van der Waals surface area contributed by atoms with Crippen molar-refractivity contribution in [3.63, 3.8) is 0 Å². The van der Waals surface area contributed by atoms with E-state index < -0.39 is 60.2 Å². The van der Waals surface area contributed by atoms with E-state index in [9.17, 15) is 29.1 Å². The number of carbonyl (C=O) groups is 5. The Kier molecular flexibility index (Phi) is 11.4. The Morgan fingerprint density at radius 1 is 0.921 bits per heavy atom. The summed E-state index contributed by atoms with van der Waals surface area (Å²) >= 11 is 0. The van der Waals surface area contributed by atoms with E-state index in [-0.39, 0.29) is 25.2 Å². The van der Waals surface area contributed by atoms with Crippen molar-refractivity contribution >= 4 is 29.6 Å². The number of carbonyl (C=O) groups excluding carboxylic acids is 4. The first-order valence-electron chi connectivity index (χ1n) is 12.1. The Labute approximate surface area is 220 Å². The molecule has 4 atom stereocenters. The normalized spacial score (nSPS) is 14.1. The van der Waals surface area contributed by atoms with Crippen molar-refractivity contribution in [1.29, 1.82) is 0 Å². The van der Waals surface area contributed by atoms with Crippen molar-refractivity contribution in [3.8, 4) is 0 Å². The molecule has 1 heterocycles. The molecule has 13 heteroatoms. The lowest BCUT2D eigenvalue weighted by Gasteiger charge is -2.25. The molecule has 9 N–H and O–H groups in total. The second kappa shape index (κ2) is 14.5. The van der Waals surface area contributed by atoms with Crippen molar-refractivity contribution in [3.05, 3.63) is 54.1 Å². The first-order chi connectivity index (χ1) is 18.0. The summed E-state index contributed by atoms with van der Waals surface area (Å²) in [6.45, 7) is 3.58. The molecule has 13 nitrogen and oxygen atoms in total. The van der Waals surface area contributed by atoms with Crippen LogP contribution in [0, 0.1) is 5.92 Å². The highest BCUT2D eigenvalue weighted by Crippen LogP contribution is 2.08. The quantitative estimate of drug-likeness (QED) is 0.151. The maximum absolute atomic E-state index is 13.3. The van der Waals surface area contributed by atoms with Crippen LogP contribution in [0.25, 0.3) is 0 Å². The van der Waals surface area contributed by atoms with Crippen LogP contribution in [0.2, 0.25) is 0 Å². The lowest BCUT2D eigenvalue weighted by atomic mass is 10.0. The molecular weight excluding hydrogens is 494 g/mol. The minimum absolute atomic E-state index is 0.0444. The van der Waals surface area contributed by atoms with Crippen LogP contribution in [-0.2, 0) is 36.8 Å². The van der Waals surface area contributed by atoms with Crippen LogP contribution in [0.1, 0.15) is 37.9 Å². The molecule has 2 rings (SSSR count). The number of carboxylic acid groups (broad SMARTS) is 1. The molecule has 4 amide bonds. The average Bonchev–Trinajstić information content (AvgIpc) is 3.35. The molecule has 0 aliphatic rings. The number of benzene rings is 1. The van der Waals surface area contributed by atoms with Crippen molar-refractivity contribution in [2.45, 2.75) is 63.7 Å². The van der Waals surface area contributed by atoms with Gasteiger partial charge in [0.05, 0.1) is 18.8 Å². The van der Waals surface area contributed by atoms with E-state index in [0.29, 0.717) is 11.3 Å². The first-order valence-corrected chi connectivity index (χ1v) is 12.1. The van der Waals surface area contributed by atoms with Gasteiger partial charge in [0.25, 0.3) is 0 Å². The molecule has 1 aromatic heterocycles. The van der Waals surface area contributed by atoms with Crippen LogP contribution in [-0.4, -0.2) is 68.8 Å². The highest BCUT2D eigenvalue weighted by molar-refractivity contribution is 5.96. The molecule has 0 radical (unpaired) electrons. The third-order valence-electron chi connectivity index (χ3n) is 5.61. The number of primary amides is 1. The van der Waals surface area contributed by atoms with Gasteiger partial charge in [0.15, 0.2) is 0 Å². The zero-order valence-corrected chi connectivity index (χ0v) is 21.3. The molecule has 0 saturated heterocycles. The molecular formula is C25H35N7O6. The van der Waals surface area contributed by atoms with Crippen molar-refractivity contribution in [1.82, 2.24) is 25.9 Å². The third kappa shape index (κ3) is 10.0. The minimum atomic E-state index is -1.46. The number of hydrogen-bond donors (Lipinski definition) is 7. The summed E-state index contributed by atoms with van der Waals surface area (Å²) < 4.78 is 0. The van der Waals surface area contributed by atoms with Gasteiger partial charge in [-0.1, -0.05) is 44.2 Å². The number of hydrogen-bond acceptors (Lipinski definition) is 7. The molecule has 2 aromatic rings. The van der Waals surface area contributed by atoms with E-state index in [1.165, 1.54) is 12.5 Å². The fraction of sp³-hybridized carbons (Fsp3) is 0.440. The molecule has 0 fully saturated rings. The van der Waals surface area contributed by atoms with Gasteiger partial charge >= 0.3 is 5.97 Å². The fourth-order valence-corrected chi connectivity index (χ4v) is 3.71. The Morgan fingerprint density at radius 2 is 1.53 bits per heavy atom. The molecule has 0 aliphatic carbocycles. The van der Waals surface area contributed by atoms with Gasteiger partial charge in [-0.2, -0.15) is 0 Å². The fourth-order valence-electron chi connectivity index (χ4n) is 3.71. The summed E-state index contributed by atoms with van der Waals surface area (Å²) in [6, 6.07) is 3.99. The number of carboxylic acids is 1. The lowest BCUT2D eigenvalue weighted by Crippen LogP contribution is -2.58. The Hall–Kier alpha value is -4.26. The molecule has 38 heavy (non-hydrogen) atoms. The van der Waals surface area contributed by atoms with Gasteiger partial charge in [-0.25, -0.2) is 9.78 Å². The second-order valence-electron chi connectivity index (χ2n) is 9.40. The van der Waals surface area contributed by atoms with Gasteiger partial charge in [0.1, 0.15) is 18.1 Å². The summed E-state index contributed by atoms with van der Waals surface area (Å²) in [6.07, 6.45) is 2.75. The summed E-state index contributed by atoms with van der Waals surface area (Å²) in [5.74, 6) is -4.45. The number of rotatable bonds is 15. The number of aromatic amines is 1. The number of nitrogens with one attached hydrogen (secondary N) is 4. The Bertz CT molecular complexity index is 1090. The van der Waals surface area contributed by atoms with Crippen LogP contribution in [0.15, 0.2) is 42.9 Å². The number of aliphatic carboxylic acids is 1. The van der Waals surface area contributed by atoms with Gasteiger partial charge in [-0.3, -0.25) is 19.2 Å². The van der Waals surface area contributed by atoms with E-state index in [4.69, 9.17) is 11.5 Å². The van der Waals surface area contributed by atoms with Crippen LogP contribution < -0.4 is 27.4 Å². The number of H-pyrrole nitrogens is 1. The van der Waals surface area contributed by atoms with Gasteiger partial charge in [-0.15, -0.1) is 0 Å². The minimum Gasteiger partial charge on any atom is -0.480 e. The van der Waals surface area contributed by atoms with Crippen molar-refractivity contribution in [2.75, 3.05) is 0 Å². The predicted octanol–water partition coefficient (Wildman–Crippen LogP) is -1.02. The zero-order chi connectivity index (χ0) is 28.2. The largest absolute Gasteiger partial charge is 0.480 e. The molecule has 0 aliphatic heterocycles. The molecule has 206 valence electrons. The van der Waals surface area contributed by atoms with E-state index in [1.807, 2.05) is 0 Å². The molecule has 0 saturated carbocycles. The van der Waals surface area contributed by atoms with Crippen molar-refractivity contribution in [2.24, 2.45) is 17.4 Å². The number of nitrogens with two attached hydrogens (primary N) is 2. The smallest absolute Gasteiger partial charge is 0.326 e. The van der Waals surface area contributed by atoms with Crippen LogP contribution in [0.3, 0.4) is 0 Å². The standard InChI is InChI=1S/C25H35N7O6/c1-14(2)8-20(25(37)38)32-24(36)19(11-21(27)33)31-23(35)18(9-15-6-4-3-5-7-15)30-22(34)17(26)10-16-12-28-13-29-16/h3-7,12-14,17-20H,8-11,26H2,1-2H3,(H2,27,33)(H,28,29)(H,30,34)(H,31,35)(H,32,36)(H,37,38). The van der Waals surface area contributed by atoms with Gasteiger partial charge in [0, 0.05) is 24.7 Å². The topological polar surface area (TPSA) is 222 Å². The summed E-state index contributed by atoms with van der Waals surface area (Å²) in [5, 5.41) is 16.9. The first kappa shape index (κ1) is 30.0. The summed E-state index contributed by atoms with van der Waals surface area (Å²) in [5.41, 5.74) is 12.6. The van der Waals surface area contributed by atoms with E-state index in [2.05, 4.69) is 25.9 Å². The maximum atomic E-state index is 13.3. The summed E-state index contributed by atoms with van der Waals surface area (Å²) in [4.78, 5) is 69.0. The molecule has 0 bridgehead atoms. The average molecular weight is 530 g/mol. The van der Waals surface area contributed by atoms with E-state index in [0.717, 1.165) is 0 Å². The van der Waals surface area contributed by atoms with Crippen LogP contribution in [0.5, 0.6) is 0 Å². The Balaban J connectivity index is 2.20. The van der Waals surface area contributed by atoms with Crippen LogP contribution in [0.4, 0.5) is 0 Å². The van der Waals surface area contributed by atoms with Crippen molar-refractivity contribution < 1.29 is 29.1 Å². The second-order valence-corrected chi connectivity index (χ2v) is 9.40. The SMILES string of the molecule is CC(C)CC(NC(=O)C(CC(N)=O)NC(=O)C(Cc1ccccc1)NC(=O)C(N)Cc1cnc[nH]1)C(=O)O. The van der Waals surface area contributed by atoms with Gasteiger partial charge in [-0.05, 0) is 17.9 Å². The van der Waals surface area contributed by atoms with E-state index in [1.54, 1.807) is 44.2 Å². The predicted molar refractivity (Wildman–Crippen MR) is 137 cm³/mol. The van der Waals surface area contributed by atoms with Crippen LogP contribution >= 0.6 is 0 Å². The lowest BCUT2D eigenvalue weighted by molar-refractivity contribution is -0.143. The number of amides is 4. The number of nitrogens with zero attached hydrogens (tertiary/aromatic N) is 1. The molecule has 0 spiro atoms. The molecule has 4 unspecified atom stereocenters. The number of imidazole rings is 1. The summed E-state index contributed by atoms with van der Waals surface area (Å²) in [7, 11) is 0. The maximum Gasteiger partial charge on any atom is 0.326 e. The Morgan fingerprint density at radius 3 is 2.08 bits per heavy atom. The highest BCUT2D eigenvalue weighted by atomic mass is 16.4. The third-order valence-corrected chi connectivity index (χ3v) is 5.61. The highest BCUT2D eigenvalue weighted by Gasteiger charge is 2.31. The van der Waals surface area contributed by atoms with Gasteiger partial charge in [0.2, 0.25) is 23.6 Å². The monoisotopic (exact) mass is 529 g/mol. The molecule has 1 aromatic carbocycles. The van der Waals surface area contributed by atoms with E-state index >= 15 is 0 Å².